The lowest BCUT2D eigenvalue weighted by atomic mass is 9.81. The molecule has 0 spiro atoms. The SMILES string of the molecule is O=C(Nc1ccc(Cl)cn1)c1oc2cccnc2c1NC(=O)[C@H]1CC[C@H](C(=O)N2CCOCC2)CC1. The van der Waals surface area contributed by atoms with Crippen molar-refractivity contribution in [2.24, 2.45) is 11.8 Å². The zero-order valence-electron chi connectivity index (χ0n) is 19.5. The first-order chi connectivity index (χ1) is 17.5. The summed E-state index contributed by atoms with van der Waals surface area (Å²) >= 11 is 5.87. The first-order valence-corrected chi connectivity index (χ1v) is 12.3. The summed E-state index contributed by atoms with van der Waals surface area (Å²) in [5.41, 5.74) is 0.978. The Morgan fingerprint density at radius 1 is 0.972 bits per heavy atom. The number of hydrogen-bond donors (Lipinski definition) is 2. The predicted octanol–water partition coefficient (Wildman–Crippen LogP) is 3.73. The lowest BCUT2D eigenvalue weighted by Crippen LogP contribution is -2.44. The average molecular weight is 512 g/mol. The normalized spacial score (nSPS) is 20.2. The summed E-state index contributed by atoms with van der Waals surface area (Å²) in [6.07, 6.45) is 5.46. The van der Waals surface area contributed by atoms with Gasteiger partial charge in [0.05, 0.1) is 18.2 Å². The molecule has 2 fully saturated rings. The fourth-order valence-electron chi connectivity index (χ4n) is 4.70. The molecule has 2 N–H and O–H groups in total. The number of aromatic nitrogens is 2. The highest BCUT2D eigenvalue weighted by Crippen LogP contribution is 2.34. The van der Waals surface area contributed by atoms with E-state index >= 15 is 0 Å². The summed E-state index contributed by atoms with van der Waals surface area (Å²) < 4.78 is 11.1. The van der Waals surface area contributed by atoms with Gasteiger partial charge in [0.1, 0.15) is 17.0 Å². The third-order valence-electron chi connectivity index (χ3n) is 6.64. The Balaban J connectivity index is 1.28. The van der Waals surface area contributed by atoms with Crippen LogP contribution in [0.2, 0.25) is 5.02 Å². The zero-order chi connectivity index (χ0) is 25.1. The van der Waals surface area contributed by atoms with E-state index in [-0.39, 0.29) is 35.1 Å². The van der Waals surface area contributed by atoms with E-state index in [1.807, 2.05) is 4.90 Å². The molecule has 1 aliphatic carbocycles. The summed E-state index contributed by atoms with van der Waals surface area (Å²) in [6, 6.07) is 6.54. The summed E-state index contributed by atoms with van der Waals surface area (Å²) in [5.74, 6) is -0.768. The van der Waals surface area contributed by atoms with Crippen LogP contribution >= 0.6 is 11.6 Å². The number of fused-ring (bicyclic) bond motifs is 1. The molecule has 36 heavy (non-hydrogen) atoms. The molecule has 0 bridgehead atoms. The van der Waals surface area contributed by atoms with Crippen molar-refractivity contribution in [1.29, 1.82) is 0 Å². The molecule has 11 heteroatoms. The topological polar surface area (TPSA) is 127 Å². The van der Waals surface area contributed by atoms with Gasteiger partial charge >= 0.3 is 0 Å². The van der Waals surface area contributed by atoms with Crippen LogP contribution in [0.15, 0.2) is 41.1 Å². The van der Waals surface area contributed by atoms with Crippen molar-refractivity contribution in [3.63, 3.8) is 0 Å². The maximum atomic E-state index is 13.2. The number of ether oxygens (including phenoxy) is 1. The number of halogens is 1. The van der Waals surface area contributed by atoms with E-state index in [9.17, 15) is 14.4 Å². The Morgan fingerprint density at radius 3 is 2.44 bits per heavy atom. The standard InChI is InChI=1S/C25H26ClN5O5/c26-17-7-8-19(28-14-17)29-24(33)22-21(20-18(36-22)2-1-9-27-20)30-23(32)15-3-5-16(6-4-15)25(34)31-10-12-35-13-11-31/h1-2,7-9,14-16H,3-6,10-13H2,(H,30,32)(H,28,29,33)/t15-,16-. The van der Waals surface area contributed by atoms with Gasteiger partial charge in [-0.05, 0) is 49.9 Å². The van der Waals surface area contributed by atoms with Crippen molar-refractivity contribution in [2.75, 3.05) is 36.9 Å². The molecule has 0 aromatic carbocycles. The minimum Gasteiger partial charge on any atom is -0.447 e. The van der Waals surface area contributed by atoms with Crippen molar-refractivity contribution in [3.05, 3.63) is 47.4 Å². The van der Waals surface area contributed by atoms with Crippen LogP contribution in [-0.2, 0) is 14.3 Å². The van der Waals surface area contributed by atoms with Crippen LogP contribution in [0, 0.1) is 11.8 Å². The van der Waals surface area contributed by atoms with Crippen LogP contribution < -0.4 is 10.6 Å². The van der Waals surface area contributed by atoms with Crippen LogP contribution in [-0.4, -0.2) is 58.9 Å². The van der Waals surface area contributed by atoms with Crippen LogP contribution in [0.3, 0.4) is 0 Å². The minimum absolute atomic E-state index is 0.0648. The number of nitrogens with zero attached hydrogens (tertiary/aromatic N) is 3. The van der Waals surface area contributed by atoms with Crippen molar-refractivity contribution >= 4 is 51.9 Å². The van der Waals surface area contributed by atoms with Crippen LogP contribution in [0.5, 0.6) is 0 Å². The third-order valence-corrected chi connectivity index (χ3v) is 6.86. The predicted molar refractivity (Wildman–Crippen MR) is 133 cm³/mol. The van der Waals surface area contributed by atoms with Gasteiger partial charge in [-0.1, -0.05) is 11.6 Å². The Bertz CT molecular complexity index is 1260. The minimum atomic E-state index is -0.571. The van der Waals surface area contributed by atoms with Gasteiger partial charge in [0, 0.05) is 37.3 Å². The second-order valence-electron chi connectivity index (χ2n) is 8.95. The summed E-state index contributed by atoms with van der Waals surface area (Å²) in [5, 5.41) is 5.97. The van der Waals surface area contributed by atoms with Crippen molar-refractivity contribution in [1.82, 2.24) is 14.9 Å². The van der Waals surface area contributed by atoms with Crippen LogP contribution in [0.1, 0.15) is 36.2 Å². The second-order valence-corrected chi connectivity index (χ2v) is 9.38. The number of hydrogen-bond acceptors (Lipinski definition) is 7. The molecule has 0 radical (unpaired) electrons. The highest BCUT2D eigenvalue weighted by atomic mass is 35.5. The third kappa shape index (κ3) is 5.19. The van der Waals surface area contributed by atoms with E-state index in [1.165, 1.54) is 6.20 Å². The van der Waals surface area contributed by atoms with Crippen LogP contribution in [0.4, 0.5) is 11.5 Å². The van der Waals surface area contributed by atoms with Crippen molar-refractivity contribution in [3.8, 4) is 0 Å². The molecule has 3 amide bonds. The summed E-state index contributed by atoms with van der Waals surface area (Å²) in [6.45, 7) is 2.38. The Hall–Kier alpha value is -3.50. The molecule has 3 aromatic rings. The van der Waals surface area contributed by atoms with Crippen LogP contribution in [0.25, 0.3) is 11.1 Å². The van der Waals surface area contributed by atoms with Gasteiger partial charge in [-0.3, -0.25) is 19.4 Å². The van der Waals surface area contributed by atoms with E-state index in [2.05, 4.69) is 20.6 Å². The number of pyridine rings is 2. The first-order valence-electron chi connectivity index (χ1n) is 12.0. The number of amides is 3. The molecule has 4 heterocycles. The number of nitrogens with one attached hydrogen (secondary N) is 2. The molecule has 1 saturated heterocycles. The average Bonchev–Trinajstić information content (AvgIpc) is 3.28. The van der Waals surface area contributed by atoms with E-state index in [4.69, 9.17) is 20.8 Å². The smallest absolute Gasteiger partial charge is 0.294 e. The molecule has 0 unspecified atom stereocenters. The number of furan rings is 1. The largest absolute Gasteiger partial charge is 0.447 e. The molecule has 10 nitrogen and oxygen atoms in total. The number of morpholine rings is 1. The highest BCUT2D eigenvalue weighted by molar-refractivity contribution is 6.30. The van der Waals surface area contributed by atoms with Gasteiger partial charge in [-0.15, -0.1) is 0 Å². The quantitative estimate of drug-likeness (QED) is 0.534. The van der Waals surface area contributed by atoms with E-state index in [1.54, 1.807) is 30.5 Å². The van der Waals surface area contributed by atoms with Crippen molar-refractivity contribution in [2.45, 2.75) is 25.7 Å². The number of rotatable bonds is 5. The molecule has 0 atom stereocenters. The van der Waals surface area contributed by atoms with E-state index in [0.29, 0.717) is 73.9 Å². The van der Waals surface area contributed by atoms with Gasteiger partial charge in [-0.2, -0.15) is 0 Å². The zero-order valence-corrected chi connectivity index (χ0v) is 20.3. The fraction of sp³-hybridized carbons (Fsp3) is 0.400. The summed E-state index contributed by atoms with van der Waals surface area (Å²) in [4.78, 5) is 49.3. The number of carbonyl (C=O) groups is 3. The maximum Gasteiger partial charge on any atom is 0.294 e. The molecular weight excluding hydrogens is 486 g/mol. The molecule has 5 rings (SSSR count). The molecule has 2 aliphatic rings. The lowest BCUT2D eigenvalue weighted by Gasteiger charge is -2.33. The number of anilines is 2. The van der Waals surface area contributed by atoms with Gasteiger partial charge in [0.15, 0.2) is 5.58 Å². The van der Waals surface area contributed by atoms with Gasteiger partial charge in [-0.25, -0.2) is 4.98 Å². The Morgan fingerprint density at radius 2 is 1.72 bits per heavy atom. The first kappa shape index (κ1) is 24.2. The Labute approximate surface area is 212 Å². The van der Waals surface area contributed by atoms with Gasteiger partial charge in [0.2, 0.25) is 17.6 Å². The Kier molecular flexibility index (Phi) is 7.15. The molecule has 3 aromatic heterocycles. The molecule has 188 valence electrons. The fourth-order valence-corrected chi connectivity index (χ4v) is 4.81. The maximum absolute atomic E-state index is 13.2. The second kappa shape index (κ2) is 10.6. The van der Waals surface area contributed by atoms with E-state index in [0.717, 1.165) is 0 Å². The lowest BCUT2D eigenvalue weighted by molar-refractivity contribution is -0.141. The highest BCUT2D eigenvalue weighted by Gasteiger charge is 2.34. The van der Waals surface area contributed by atoms with Gasteiger partial charge < -0.3 is 24.7 Å². The molecular formula is C25H26ClN5O5. The van der Waals surface area contributed by atoms with E-state index < -0.39 is 5.91 Å². The van der Waals surface area contributed by atoms with Gasteiger partial charge in [0.25, 0.3) is 5.91 Å². The summed E-state index contributed by atoms with van der Waals surface area (Å²) in [7, 11) is 0. The number of carbonyl (C=O) groups excluding carboxylic acids is 3. The molecule has 1 saturated carbocycles. The van der Waals surface area contributed by atoms with Crippen molar-refractivity contribution < 1.29 is 23.5 Å². The molecule has 1 aliphatic heterocycles. The monoisotopic (exact) mass is 511 g/mol.